The summed E-state index contributed by atoms with van der Waals surface area (Å²) < 4.78 is 12.0. The second kappa shape index (κ2) is 6.66. The zero-order chi connectivity index (χ0) is 16.4. The largest absolute Gasteiger partial charge is 0.467 e. The van der Waals surface area contributed by atoms with Crippen LogP contribution >= 0.6 is 11.3 Å². The van der Waals surface area contributed by atoms with Gasteiger partial charge in [-0.15, -0.1) is 11.3 Å². The van der Waals surface area contributed by atoms with E-state index in [1.165, 1.54) is 22.2 Å². The Morgan fingerprint density at radius 2 is 2.30 bits per heavy atom. The molecule has 122 valence electrons. The first-order valence-electron chi connectivity index (χ1n) is 7.29. The van der Waals surface area contributed by atoms with E-state index in [1.807, 2.05) is 13.8 Å². The predicted molar refractivity (Wildman–Crippen MR) is 87.7 cm³/mol. The molecule has 0 bridgehead atoms. The molecule has 0 aliphatic carbocycles. The Balaban J connectivity index is 1.67. The van der Waals surface area contributed by atoms with Crippen LogP contribution in [0.3, 0.4) is 0 Å². The van der Waals surface area contributed by atoms with Gasteiger partial charge < -0.3 is 14.3 Å². The first-order chi connectivity index (χ1) is 11.1. The van der Waals surface area contributed by atoms with Crippen molar-refractivity contribution < 1.29 is 14.3 Å². The fourth-order valence-corrected chi connectivity index (χ4v) is 3.36. The molecule has 1 N–H and O–H groups in total. The molecule has 0 aromatic carbocycles. The molecule has 1 atom stereocenters. The van der Waals surface area contributed by atoms with Crippen LogP contribution in [0.15, 0.2) is 33.9 Å². The fourth-order valence-electron chi connectivity index (χ4n) is 2.37. The zero-order valence-electron chi connectivity index (χ0n) is 13.0. The average molecular weight is 334 g/mol. The van der Waals surface area contributed by atoms with E-state index in [-0.39, 0.29) is 18.7 Å². The summed E-state index contributed by atoms with van der Waals surface area (Å²) in [6, 6.07) is 3.58. The summed E-state index contributed by atoms with van der Waals surface area (Å²) in [5.41, 5.74) is 0.836. The van der Waals surface area contributed by atoms with Crippen molar-refractivity contribution in [2.24, 2.45) is 0 Å². The van der Waals surface area contributed by atoms with Gasteiger partial charge in [-0.25, -0.2) is 4.98 Å². The van der Waals surface area contributed by atoms with Crippen molar-refractivity contribution in [3.05, 3.63) is 51.3 Å². The lowest BCUT2D eigenvalue weighted by molar-refractivity contribution is 0.0142. The van der Waals surface area contributed by atoms with Gasteiger partial charge in [-0.1, -0.05) is 0 Å². The molecule has 0 amide bonds. The monoisotopic (exact) mass is 334 g/mol. The number of furan rings is 1. The number of hydrogen-bond donors (Lipinski definition) is 1. The van der Waals surface area contributed by atoms with Crippen LogP contribution in [0.1, 0.15) is 16.2 Å². The third-order valence-corrected chi connectivity index (χ3v) is 4.81. The number of aliphatic hydroxyl groups is 1. The van der Waals surface area contributed by atoms with Crippen molar-refractivity contribution in [2.75, 3.05) is 6.61 Å². The molecule has 0 unspecified atom stereocenters. The molecule has 6 nitrogen and oxygen atoms in total. The molecule has 0 aliphatic heterocycles. The number of fused-ring (bicyclic) bond motifs is 1. The van der Waals surface area contributed by atoms with Gasteiger partial charge in [-0.3, -0.25) is 9.36 Å². The summed E-state index contributed by atoms with van der Waals surface area (Å²) in [4.78, 5) is 18.7. The zero-order valence-corrected chi connectivity index (χ0v) is 13.8. The van der Waals surface area contributed by atoms with E-state index in [0.717, 1.165) is 15.3 Å². The number of aromatic nitrogens is 2. The third-order valence-electron chi connectivity index (χ3n) is 3.70. The van der Waals surface area contributed by atoms with E-state index in [1.54, 1.807) is 18.4 Å². The second-order valence-electron chi connectivity index (χ2n) is 5.41. The summed E-state index contributed by atoms with van der Waals surface area (Å²) in [5.74, 6) is 0.696. The van der Waals surface area contributed by atoms with Crippen LogP contribution in [0.25, 0.3) is 10.2 Å². The molecule has 0 saturated carbocycles. The van der Waals surface area contributed by atoms with Crippen molar-refractivity contribution in [3.8, 4) is 0 Å². The molecular weight excluding hydrogens is 316 g/mol. The maximum atomic E-state index is 12.5. The Morgan fingerprint density at radius 3 is 3.04 bits per heavy atom. The van der Waals surface area contributed by atoms with Crippen molar-refractivity contribution in [2.45, 2.75) is 33.1 Å². The van der Waals surface area contributed by atoms with E-state index in [0.29, 0.717) is 17.8 Å². The molecule has 7 heteroatoms. The lowest BCUT2D eigenvalue weighted by Crippen LogP contribution is -2.29. The maximum Gasteiger partial charge on any atom is 0.262 e. The van der Waals surface area contributed by atoms with Crippen LogP contribution in [-0.4, -0.2) is 27.4 Å². The van der Waals surface area contributed by atoms with Gasteiger partial charge in [0.1, 0.15) is 17.2 Å². The normalized spacial score (nSPS) is 12.8. The van der Waals surface area contributed by atoms with Crippen molar-refractivity contribution >= 4 is 21.6 Å². The summed E-state index contributed by atoms with van der Waals surface area (Å²) in [6.07, 6.45) is 2.26. The van der Waals surface area contributed by atoms with E-state index in [9.17, 15) is 9.90 Å². The number of aliphatic hydroxyl groups excluding tert-OH is 1. The van der Waals surface area contributed by atoms with Gasteiger partial charge in [0.25, 0.3) is 5.56 Å². The van der Waals surface area contributed by atoms with Crippen LogP contribution in [0.2, 0.25) is 0 Å². The standard InChI is InChI=1S/C16H18N2O4S/c1-10-11(2)23-15-14(10)16(20)18(9-17-15)6-12(19)7-21-8-13-4-3-5-22-13/h3-5,9,12,19H,6-8H2,1-2H3/t12-/m1/s1. The quantitative estimate of drug-likeness (QED) is 0.748. The van der Waals surface area contributed by atoms with E-state index in [2.05, 4.69) is 4.98 Å². The molecule has 3 heterocycles. The molecule has 3 aromatic heterocycles. The topological polar surface area (TPSA) is 77.5 Å². The van der Waals surface area contributed by atoms with Crippen LogP contribution in [0.5, 0.6) is 0 Å². The smallest absolute Gasteiger partial charge is 0.262 e. The summed E-state index contributed by atoms with van der Waals surface area (Å²) in [5, 5.41) is 10.7. The Kier molecular flexibility index (Phi) is 4.61. The average Bonchev–Trinajstić information content (AvgIpc) is 3.12. The highest BCUT2D eigenvalue weighted by Gasteiger charge is 2.14. The number of nitrogens with zero attached hydrogens (tertiary/aromatic N) is 2. The van der Waals surface area contributed by atoms with Crippen LogP contribution < -0.4 is 5.56 Å². The SMILES string of the molecule is Cc1sc2ncn(C[C@@H](O)COCc3ccco3)c(=O)c2c1C. The Bertz CT molecular complexity index is 851. The summed E-state index contributed by atoms with van der Waals surface area (Å²) in [6.45, 7) is 4.45. The highest BCUT2D eigenvalue weighted by molar-refractivity contribution is 7.18. The van der Waals surface area contributed by atoms with Gasteiger partial charge in [0.05, 0.1) is 37.2 Å². The maximum absolute atomic E-state index is 12.5. The Morgan fingerprint density at radius 1 is 1.48 bits per heavy atom. The molecule has 0 spiro atoms. The Hall–Kier alpha value is -1.96. The summed E-state index contributed by atoms with van der Waals surface area (Å²) >= 11 is 1.51. The second-order valence-corrected chi connectivity index (χ2v) is 6.62. The van der Waals surface area contributed by atoms with Crippen LogP contribution in [-0.2, 0) is 17.9 Å². The number of hydrogen-bond acceptors (Lipinski definition) is 6. The minimum atomic E-state index is -0.790. The van der Waals surface area contributed by atoms with Gasteiger partial charge in [0, 0.05) is 4.88 Å². The molecule has 0 radical (unpaired) electrons. The lowest BCUT2D eigenvalue weighted by atomic mass is 10.2. The number of thiophene rings is 1. The van der Waals surface area contributed by atoms with Gasteiger partial charge in [0.2, 0.25) is 0 Å². The number of rotatable bonds is 6. The van der Waals surface area contributed by atoms with E-state index < -0.39 is 6.10 Å². The number of aryl methyl sites for hydroxylation is 2. The summed E-state index contributed by atoms with van der Waals surface area (Å²) in [7, 11) is 0. The predicted octanol–water partition coefficient (Wildman–Crippen LogP) is 2.25. The van der Waals surface area contributed by atoms with E-state index >= 15 is 0 Å². The fraction of sp³-hybridized carbons (Fsp3) is 0.375. The van der Waals surface area contributed by atoms with Gasteiger partial charge >= 0.3 is 0 Å². The first-order valence-corrected chi connectivity index (χ1v) is 8.11. The van der Waals surface area contributed by atoms with Gasteiger partial charge in [-0.2, -0.15) is 0 Å². The Labute approximate surface area is 137 Å². The molecule has 23 heavy (non-hydrogen) atoms. The molecular formula is C16H18N2O4S. The molecule has 0 saturated heterocycles. The van der Waals surface area contributed by atoms with Gasteiger partial charge in [-0.05, 0) is 31.5 Å². The lowest BCUT2D eigenvalue weighted by Gasteiger charge is -2.12. The van der Waals surface area contributed by atoms with E-state index in [4.69, 9.17) is 9.15 Å². The molecule has 0 aliphatic rings. The minimum Gasteiger partial charge on any atom is -0.467 e. The highest BCUT2D eigenvalue weighted by atomic mass is 32.1. The number of ether oxygens (including phenoxy) is 1. The van der Waals surface area contributed by atoms with Crippen LogP contribution in [0.4, 0.5) is 0 Å². The van der Waals surface area contributed by atoms with Crippen LogP contribution in [0, 0.1) is 13.8 Å². The third kappa shape index (κ3) is 3.36. The first kappa shape index (κ1) is 15.9. The van der Waals surface area contributed by atoms with Gasteiger partial charge in [0.15, 0.2) is 0 Å². The highest BCUT2D eigenvalue weighted by Crippen LogP contribution is 2.25. The molecule has 3 rings (SSSR count). The van der Waals surface area contributed by atoms with Crippen molar-refractivity contribution in [1.29, 1.82) is 0 Å². The molecule has 3 aromatic rings. The minimum absolute atomic E-state index is 0.118. The molecule has 0 fully saturated rings. The van der Waals surface area contributed by atoms with Crippen molar-refractivity contribution in [1.82, 2.24) is 9.55 Å². The van der Waals surface area contributed by atoms with Crippen molar-refractivity contribution in [3.63, 3.8) is 0 Å².